The Morgan fingerprint density at radius 3 is 2.47 bits per heavy atom. The van der Waals surface area contributed by atoms with Crippen LogP contribution in [-0.4, -0.2) is 15.7 Å². The van der Waals surface area contributed by atoms with Crippen molar-refractivity contribution in [2.45, 2.75) is 27.3 Å². The number of hydrogen-bond acceptors (Lipinski definition) is 4. The molecule has 0 radical (unpaired) electrons. The van der Waals surface area contributed by atoms with E-state index in [-0.39, 0.29) is 17.4 Å². The minimum absolute atomic E-state index is 0.183. The Kier molecular flexibility index (Phi) is 4.58. The summed E-state index contributed by atoms with van der Waals surface area (Å²) in [5.74, 6) is 0.439. The molecule has 0 aromatic carbocycles. The lowest BCUT2D eigenvalue weighted by molar-refractivity contribution is 0.494. The highest BCUT2D eigenvalue weighted by Gasteiger charge is 2.15. The maximum absolute atomic E-state index is 12.0. The van der Waals surface area contributed by atoms with Gasteiger partial charge in [-0.2, -0.15) is 0 Å². The Morgan fingerprint density at radius 2 is 2.00 bits per heavy atom. The quantitative estimate of drug-likeness (QED) is 0.771. The SMILES string of the molecule is C=C(C)CNc1c(N)n(CC(C)C)c(=O)n(C)c1=O. The van der Waals surface area contributed by atoms with Gasteiger partial charge in [-0.15, -0.1) is 0 Å². The summed E-state index contributed by atoms with van der Waals surface area (Å²) in [6, 6.07) is 0. The predicted octanol–water partition coefficient (Wildman–Crippen LogP) is 0.773. The van der Waals surface area contributed by atoms with Crippen molar-refractivity contribution in [1.82, 2.24) is 9.13 Å². The van der Waals surface area contributed by atoms with Crippen LogP contribution in [-0.2, 0) is 13.6 Å². The lowest BCUT2D eigenvalue weighted by Gasteiger charge is -2.17. The minimum atomic E-state index is -0.413. The second-order valence-electron chi connectivity index (χ2n) is 5.22. The molecule has 6 heteroatoms. The van der Waals surface area contributed by atoms with Gasteiger partial charge in [0.25, 0.3) is 5.56 Å². The number of aromatic nitrogens is 2. The van der Waals surface area contributed by atoms with E-state index in [4.69, 9.17) is 5.73 Å². The maximum Gasteiger partial charge on any atom is 0.332 e. The van der Waals surface area contributed by atoms with Crippen molar-refractivity contribution in [3.05, 3.63) is 33.0 Å². The predicted molar refractivity (Wildman–Crippen MR) is 78.5 cm³/mol. The monoisotopic (exact) mass is 266 g/mol. The number of rotatable bonds is 5. The molecule has 0 aliphatic carbocycles. The van der Waals surface area contributed by atoms with Crippen LogP contribution in [0.5, 0.6) is 0 Å². The third kappa shape index (κ3) is 3.27. The van der Waals surface area contributed by atoms with E-state index in [1.54, 1.807) is 0 Å². The molecule has 0 spiro atoms. The van der Waals surface area contributed by atoms with Crippen LogP contribution < -0.4 is 22.3 Å². The molecule has 0 bridgehead atoms. The third-order valence-corrected chi connectivity index (χ3v) is 2.70. The van der Waals surface area contributed by atoms with E-state index < -0.39 is 11.2 Å². The third-order valence-electron chi connectivity index (χ3n) is 2.70. The highest BCUT2D eigenvalue weighted by Crippen LogP contribution is 2.12. The van der Waals surface area contributed by atoms with Gasteiger partial charge in [0, 0.05) is 20.1 Å². The van der Waals surface area contributed by atoms with Crippen LogP contribution in [0.3, 0.4) is 0 Å². The highest BCUT2D eigenvalue weighted by atomic mass is 16.2. The van der Waals surface area contributed by atoms with E-state index in [1.165, 1.54) is 11.6 Å². The van der Waals surface area contributed by atoms with Gasteiger partial charge in [-0.1, -0.05) is 26.0 Å². The summed E-state index contributed by atoms with van der Waals surface area (Å²) in [7, 11) is 1.45. The Bertz CT molecular complexity index is 596. The van der Waals surface area contributed by atoms with Crippen LogP contribution in [0, 0.1) is 5.92 Å². The normalized spacial score (nSPS) is 10.8. The Morgan fingerprint density at radius 1 is 1.42 bits per heavy atom. The molecule has 0 saturated carbocycles. The molecule has 0 aliphatic rings. The van der Waals surface area contributed by atoms with Crippen LogP contribution in [0.1, 0.15) is 20.8 Å². The fourth-order valence-corrected chi connectivity index (χ4v) is 1.73. The van der Waals surface area contributed by atoms with Crippen molar-refractivity contribution in [1.29, 1.82) is 0 Å². The number of anilines is 2. The van der Waals surface area contributed by atoms with Crippen LogP contribution in [0.2, 0.25) is 0 Å². The fourth-order valence-electron chi connectivity index (χ4n) is 1.73. The fraction of sp³-hybridized carbons (Fsp3) is 0.538. The van der Waals surface area contributed by atoms with Crippen molar-refractivity contribution >= 4 is 11.5 Å². The second kappa shape index (κ2) is 5.77. The first-order valence-electron chi connectivity index (χ1n) is 6.23. The van der Waals surface area contributed by atoms with Gasteiger partial charge >= 0.3 is 5.69 Å². The molecule has 1 rings (SSSR count). The van der Waals surface area contributed by atoms with Gasteiger partial charge in [0.05, 0.1) is 0 Å². The van der Waals surface area contributed by atoms with Crippen LogP contribution in [0.4, 0.5) is 11.5 Å². The topological polar surface area (TPSA) is 82.0 Å². The molecule has 6 nitrogen and oxygen atoms in total. The Hall–Kier alpha value is -1.98. The van der Waals surface area contributed by atoms with Crippen molar-refractivity contribution < 1.29 is 0 Å². The van der Waals surface area contributed by atoms with E-state index in [0.717, 1.165) is 10.1 Å². The summed E-state index contributed by atoms with van der Waals surface area (Å²) >= 11 is 0. The second-order valence-corrected chi connectivity index (χ2v) is 5.22. The summed E-state index contributed by atoms with van der Waals surface area (Å²) in [4.78, 5) is 24.1. The average molecular weight is 266 g/mol. The summed E-state index contributed by atoms with van der Waals surface area (Å²) in [6.07, 6.45) is 0. The van der Waals surface area contributed by atoms with Gasteiger partial charge in [0.15, 0.2) is 0 Å². The molecule has 0 atom stereocenters. The van der Waals surface area contributed by atoms with Crippen molar-refractivity contribution in [2.75, 3.05) is 17.6 Å². The number of nitrogens with one attached hydrogen (secondary N) is 1. The van der Waals surface area contributed by atoms with Crippen molar-refractivity contribution in [3.8, 4) is 0 Å². The van der Waals surface area contributed by atoms with Crippen LogP contribution >= 0.6 is 0 Å². The molecule has 0 aliphatic heterocycles. The standard InChI is InChI=1S/C13H22N4O2/c1-8(2)6-15-10-11(14)17(7-9(3)4)13(19)16(5)12(10)18/h9,15H,1,6-7,14H2,2-5H3. The molecule has 106 valence electrons. The van der Waals surface area contributed by atoms with Gasteiger partial charge in [-0.05, 0) is 12.8 Å². The largest absolute Gasteiger partial charge is 0.383 e. The molecule has 1 aromatic heterocycles. The molecular formula is C13H22N4O2. The van der Waals surface area contributed by atoms with E-state index in [1.807, 2.05) is 20.8 Å². The average Bonchev–Trinajstić information content (AvgIpc) is 2.31. The Balaban J connectivity index is 3.39. The van der Waals surface area contributed by atoms with Gasteiger partial charge < -0.3 is 11.1 Å². The van der Waals surface area contributed by atoms with Crippen molar-refractivity contribution in [2.24, 2.45) is 13.0 Å². The number of nitrogens with zero attached hydrogens (tertiary/aromatic N) is 2. The number of hydrogen-bond donors (Lipinski definition) is 2. The Labute approximate surface area is 112 Å². The molecule has 1 aromatic rings. The smallest absolute Gasteiger partial charge is 0.332 e. The lowest BCUT2D eigenvalue weighted by atomic mass is 10.2. The number of nitrogen functional groups attached to an aromatic ring is 1. The number of nitrogens with two attached hydrogens (primary N) is 1. The zero-order chi connectivity index (χ0) is 14.7. The zero-order valence-electron chi connectivity index (χ0n) is 12.0. The van der Waals surface area contributed by atoms with Crippen LogP contribution in [0.15, 0.2) is 21.7 Å². The van der Waals surface area contributed by atoms with E-state index in [9.17, 15) is 9.59 Å². The first-order valence-corrected chi connectivity index (χ1v) is 6.23. The van der Waals surface area contributed by atoms with Gasteiger partial charge in [-0.25, -0.2) is 4.79 Å². The summed E-state index contributed by atoms with van der Waals surface area (Å²) in [5, 5.41) is 2.94. The first-order chi connectivity index (χ1) is 8.75. The first kappa shape index (κ1) is 15.1. The zero-order valence-corrected chi connectivity index (χ0v) is 12.0. The van der Waals surface area contributed by atoms with Gasteiger partial charge in [-0.3, -0.25) is 13.9 Å². The summed E-state index contributed by atoms with van der Waals surface area (Å²) < 4.78 is 2.49. The molecule has 0 saturated heterocycles. The summed E-state index contributed by atoms with van der Waals surface area (Å²) in [6.45, 7) is 10.5. The molecule has 1 heterocycles. The molecule has 0 fully saturated rings. The molecule has 3 N–H and O–H groups in total. The maximum atomic E-state index is 12.0. The molecule has 0 amide bonds. The lowest BCUT2D eigenvalue weighted by Crippen LogP contribution is -2.41. The van der Waals surface area contributed by atoms with Gasteiger partial charge in [0.1, 0.15) is 11.5 Å². The summed E-state index contributed by atoms with van der Waals surface area (Å²) in [5.41, 5.74) is 6.27. The van der Waals surface area contributed by atoms with E-state index in [2.05, 4.69) is 11.9 Å². The molecule has 19 heavy (non-hydrogen) atoms. The van der Waals surface area contributed by atoms with E-state index >= 15 is 0 Å². The molecular weight excluding hydrogens is 244 g/mol. The van der Waals surface area contributed by atoms with E-state index in [0.29, 0.717) is 13.1 Å². The minimum Gasteiger partial charge on any atom is -0.383 e. The van der Waals surface area contributed by atoms with Crippen molar-refractivity contribution in [3.63, 3.8) is 0 Å². The van der Waals surface area contributed by atoms with Crippen LogP contribution in [0.25, 0.3) is 0 Å². The highest BCUT2D eigenvalue weighted by molar-refractivity contribution is 5.61. The van der Waals surface area contributed by atoms with Gasteiger partial charge in [0.2, 0.25) is 0 Å². The molecule has 0 unspecified atom stereocenters.